The van der Waals surface area contributed by atoms with E-state index in [9.17, 15) is 9.59 Å². The van der Waals surface area contributed by atoms with E-state index in [2.05, 4.69) is 15.2 Å². The SMILES string of the molecule is C[C@@H](OC(=O)c1ccc2ncsc2c1)C(=O)Nc1ccc(N2CCOCC2)cc1. The highest BCUT2D eigenvalue weighted by atomic mass is 32.1. The monoisotopic (exact) mass is 411 g/mol. The van der Waals surface area contributed by atoms with Crippen molar-refractivity contribution in [3.63, 3.8) is 0 Å². The maximum absolute atomic E-state index is 12.4. The number of rotatable bonds is 5. The van der Waals surface area contributed by atoms with Gasteiger partial charge in [-0.1, -0.05) is 0 Å². The van der Waals surface area contributed by atoms with Crippen molar-refractivity contribution in [1.29, 1.82) is 0 Å². The predicted molar refractivity (Wildman–Crippen MR) is 113 cm³/mol. The molecule has 1 saturated heterocycles. The van der Waals surface area contributed by atoms with Gasteiger partial charge in [0.1, 0.15) is 0 Å². The van der Waals surface area contributed by atoms with Crippen molar-refractivity contribution >= 4 is 44.8 Å². The molecule has 1 aliphatic rings. The Kier molecular flexibility index (Phi) is 5.73. The summed E-state index contributed by atoms with van der Waals surface area (Å²) in [7, 11) is 0. The molecule has 0 aliphatic carbocycles. The smallest absolute Gasteiger partial charge is 0.338 e. The molecular formula is C21H21N3O4S. The minimum Gasteiger partial charge on any atom is -0.449 e. The molecule has 1 amide bonds. The van der Waals surface area contributed by atoms with Crippen LogP contribution in [0.15, 0.2) is 48.0 Å². The Morgan fingerprint density at radius 2 is 1.93 bits per heavy atom. The molecule has 0 bridgehead atoms. The second-order valence-corrected chi connectivity index (χ2v) is 7.60. The number of amides is 1. The van der Waals surface area contributed by atoms with Crippen molar-refractivity contribution in [2.45, 2.75) is 13.0 Å². The molecule has 7 nitrogen and oxygen atoms in total. The molecule has 2 aromatic carbocycles. The Morgan fingerprint density at radius 1 is 1.17 bits per heavy atom. The number of morpholine rings is 1. The topological polar surface area (TPSA) is 80.8 Å². The number of hydrogen-bond acceptors (Lipinski definition) is 7. The fourth-order valence-corrected chi connectivity index (χ4v) is 3.80. The zero-order chi connectivity index (χ0) is 20.2. The van der Waals surface area contributed by atoms with Gasteiger partial charge in [-0.15, -0.1) is 11.3 Å². The third-order valence-electron chi connectivity index (χ3n) is 4.73. The second kappa shape index (κ2) is 8.59. The number of fused-ring (bicyclic) bond motifs is 1. The number of benzene rings is 2. The average Bonchev–Trinajstić information content (AvgIpc) is 3.22. The highest BCUT2D eigenvalue weighted by Crippen LogP contribution is 2.21. The zero-order valence-corrected chi connectivity index (χ0v) is 16.8. The first-order valence-corrected chi connectivity index (χ1v) is 10.3. The highest BCUT2D eigenvalue weighted by Gasteiger charge is 2.20. The number of nitrogens with one attached hydrogen (secondary N) is 1. The standard InChI is InChI=1S/C21H21N3O4S/c1-14(28-21(26)15-2-7-18-19(12-15)29-13-22-18)20(25)23-16-3-5-17(6-4-16)24-8-10-27-11-9-24/h2-7,12-14H,8-11H2,1H3,(H,23,25)/t14-/m1/s1. The normalized spacial score (nSPS) is 15.1. The summed E-state index contributed by atoms with van der Waals surface area (Å²) in [6, 6.07) is 12.8. The minimum absolute atomic E-state index is 0.378. The van der Waals surface area contributed by atoms with Crippen LogP contribution in [0.2, 0.25) is 0 Å². The third-order valence-corrected chi connectivity index (χ3v) is 5.52. The van der Waals surface area contributed by atoms with E-state index >= 15 is 0 Å². The molecular weight excluding hydrogens is 390 g/mol. The molecule has 150 valence electrons. The van der Waals surface area contributed by atoms with Crippen molar-refractivity contribution in [3.8, 4) is 0 Å². The Labute approximate surface area is 172 Å². The first-order chi connectivity index (χ1) is 14.1. The van der Waals surface area contributed by atoms with Crippen molar-refractivity contribution < 1.29 is 19.1 Å². The number of carbonyl (C=O) groups excluding carboxylic acids is 2. The number of thiazole rings is 1. The Hall–Kier alpha value is -2.97. The summed E-state index contributed by atoms with van der Waals surface area (Å²) in [5, 5.41) is 2.79. The van der Waals surface area contributed by atoms with Gasteiger partial charge in [0, 0.05) is 24.5 Å². The molecule has 3 aromatic rings. The maximum atomic E-state index is 12.4. The predicted octanol–water partition coefficient (Wildman–Crippen LogP) is 3.32. The lowest BCUT2D eigenvalue weighted by molar-refractivity contribution is -0.123. The molecule has 0 unspecified atom stereocenters. The summed E-state index contributed by atoms with van der Waals surface area (Å²) < 4.78 is 11.6. The van der Waals surface area contributed by atoms with Crippen molar-refractivity contribution in [2.75, 3.05) is 36.5 Å². The van der Waals surface area contributed by atoms with E-state index in [-0.39, 0.29) is 5.91 Å². The number of esters is 1. The summed E-state index contributed by atoms with van der Waals surface area (Å²) in [6.07, 6.45) is -0.918. The number of aromatic nitrogens is 1. The van der Waals surface area contributed by atoms with Crippen LogP contribution < -0.4 is 10.2 Å². The van der Waals surface area contributed by atoms with Crippen LogP contribution in [0.25, 0.3) is 10.2 Å². The van der Waals surface area contributed by atoms with Crippen LogP contribution in [0.1, 0.15) is 17.3 Å². The molecule has 8 heteroatoms. The molecule has 29 heavy (non-hydrogen) atoms. The largest absolute Gasteiger partial charge is 0.449 e. The Balaban J connectivity index is 1.34. The van der Waals surface area contributed by atoms with E-state index in [1.54, 1.807) is 30.6 Å². The first-order valence-electron chi connectivity index (χ1n) is 9.38. The van der Waals surface area contributed by atoms with Gasteiger partial charge in [-0.05, 0) is 49.4 Å². The summed E-state index contributed by atoms with van der Waals surface area (Å²) in [5.74, 6) is -0.915. The van der Waals surface area contributed by atoms with Gasteiger partial charge in [0.15, 0.2) is 6.10 Å². The molecule has 2 heterocycles. The van der Waals surface area contributed by atoms with E-state index in [0.717, 1.165) is 42.2 Å². The van der Waals surface area contributed by atoms with E-state index in [1.165, 1.54) is 11.3 Å². The molecule has 4 rings (SSSR count). The van der Waals surface area contributed by atoms with Crippen LogP contribution in [-0.4, -0.2) is 49.3 Å². The van der Waals surface area contributed by atoms with Gasteiger partial charge in [0.05, 0.1) is 34.5 Å². The van der Waals surface area contributed by atoms with Crippen LogP contribution in [0.4, 0.5) is 11.4 Å². The molecule has 0 spiro atoms. The lowest BCUT2D eigenvalue weighted by Gasteiger charge is -2.28. The molecule has 0 radical (unpaired) electrons. The van der Waals surface area contributed by atoms with Gasteiger partial charge in [-0.3, -0.25) is 4.79 Å². The number of anilines is 2. The van der Waals surface area contributed by atoms with Crippen LogP contribution in [0.3, 0.4) is 0 Å². The second-order valence-electron chi connectivity index (χ2n) is 6.72. The quantitative estimate of drug-likeness (QED) is 0.649. The summed E-state index contributed by atoms with van der Waals surface area (Å²) in [4.78, 5) is 31.2. The van der Waals surface area contributed by atoms with E-state index in [0.29, 0.717) is 11.3 Å². The zero-order valence-electron chi connectivity index (χ0n) is 16.0. The minimum atomic E-state index is -0.918. The van der Waals surface area contributed by atoms with Crippen molar-refractivity contribution in [3.05, 3.63) is 53.5 Å². The molecule has 1 aromatic heterocycles. The van der Waals surface area contributed by atoms with Gasteiger partial charge >= 0.3 is 5.97 Å². The van der Waals surface area contributed by atoms with Gasteiger partial charge in [0.25, 0.3) is 5.91 Å². The van der Waals surface area contributed by atoms with Crippen LogP contribution in [0, 0.1) is 0 Å². The lowest BCUT2D eigenvalue weighted by atomic mass is 10.2. The maximum Gasteiger partial charge on any atom is 0.338 e. The summed E-state index contributed by atoms with van der Waals surface area (Å²) in [5.41, 5.74) is 4.69. The number of nitrogens with zero attached hydrogens (tertiary/aromatic N) is 2. The van der Waals surface area contributed by atoms with Crippen LogP contribution in [-0.2, 0) is 14.3 Å². The fourth-order valence-electron chi connectivity index (χ4n) is 3.09. The molecule has 1 N–H and O–H groups in total. The fraction of sp³-hybridized carbons (Fsp3) is 0.286. The van der Waals surface area contributed by atoms with Gasteiger partial charge in [-0.25, -0.2) is 9.78 Å². The van der Waals surface area contributed by atoms with Crippen molar-refractivity contribution in [1.82, 2.24) is 4.98 Å². The highest BCUT2D eigenvalue weighted by molar-refractivity contribution is 7.16. The average molecular weight is 411 g/mol. The Morgan fingerprint density at radius 3 is 2.69 bits per heavy atom. The Bertz CT molecular complexity index is 1010. The van der Waals surface area contributed by atoms with Gasteiger partial charge < -0.3 is 19.7 Å². The number of ether oxygens (including phenoxy) is 2. The van der Waals surface area contributed by atoms with E-state index < -0.39 is 12.1 Å². The van der Waals surface area contributed by atoms with Gasteiger partial charge in [0.2, 0.25) is 0 Å². The first kappa shape index (κ1) is 19.4. The number of carbonyl (C=O) groups is 2. The van der Waals surface area contributed by atoms with Gasteiger partial charge in [-0.2, -0.15) is 0 Å². The van der Waals surface area contributed by atoms with Crippen LogP contribution >= 0.6 is 11.3 Å². The number of hydrogen-bond donors (Lipinski definition) is 1. The van der Waals surface area contributed by atoms with E-state index in [1.807, 2.05) is 24.3 Å². The molecule has 1 fully saturated rings. The molecule has 1 aliphatic heterocycles. The lowest BCUT2D eigenvalue weighted by Crippen LogP contribution is -2.36. The molecule has 1 atom stereocenters. The van der Waals surface area contributed by atoms with E-state index in [4.69, 9.17) is 9.47 Å². The third kappa shape index (κ3) is 4.55. The van der Waals surface area contributed by atoms with Crippen molar-refractivity contribution in [2.24, 2.45) is 0 Å². The van der Waals surface area contributed by atoms with Crippen LogP contribution in [0.5, 0.6) is 0 Å². The molecule has 0 saturated carbocycles. The summed E-state index contributed by atoms with van der Waals surface area (Å²) in [6.45, 7) is 4.70. The summed E-state index contributed by atoms with van der Waals surface area (Å²) >= 11 is 1.45.